The molecule has 6 heteroatoms. The van der Waals surface area contributed by atoms with Crippen LogP contribution in [0, 0.1) is 0 Å². The van der Waals surface area contributed by atoms with Crippen molar-refractivity contribution in [2.45, 2.75) is 153 Å². The second-order valence-electron chi connectivity index (χ2n) is 9.32. The van der Waals surface area contributed by atoms with Gasteiger partial charge in [-0.3, -0.25) is 0 Å². The van der Waals surface area contributed by atoms with E-state index >= 15 is 0 Å². The normalized spacial score (nSPS) is 11.3. The maximum absolute atomic E-state index is 5.93. The summed E-state index contributed by atoms with van der Waals surface area (Å²) >= 11 is 3.46. The highest BCUT2D eigenvalue weighted by Crippen LogP contribution is 2.22. The Balaban J connectivity index is 2.02. The average molecular weight is 497 g/mol. The van der Waals surface area contributed by atoms with E-state index in [0.29, 0.717) is 5.95 Å². The van der Waals surface area contributed by atoms with Crippen LogP contribution >= 0.6 is 23.5 Å². The molecule has 0 saturated carbocycles. The Labute approximate surface area is 213 Å². The molecule has 192 valence electrons. The Hall–Kier alpha value is -0.490. The molecule has 0 bridgehead atoms. The van der Waals surface area contributed by atoms with Gasteiger partial charge in [-0.05, 0) is 12.8 Å². The predicted molar refractivity (Wildman–Crippen MR) is 149 cm³/mol. The molecule has 4 nitrogen and oxygen atoms in total. The van der Waals surface area contributed by atoms with Gasteiger partial charge < -0.3 is 5.73 Å². The second kappa shape index (κ2) is 23.3. The number of nitrogens with two attached hydrogens (primary N) is 1. The van der Waals surface area contributed by atoms with Crippen molar-refractivity contribution >= 4 is 29.5 Å². The summed E-state index contributed by atoms with van der Waals surface area (Å²) in [6.07, 6.45) is 27.3. The molecule has 0 unspecified atom stereocenters. The number of rotatable bonds is 24. The zero-order valence-electron chi connectivity index (χ0n) is 21.8. The zero-order valence-corrected chi connectivity index (χ0v) is 23.4. The van der Waals surface area contributed by atoms with Crippen molar-refractivity contribution in [3.63, 3.8) is 0 Å². The van der Waals surface area contributed by atoms with E-state index in [-0.39, 0.29) is 0 Å². The Morgan fingerprint density at radius 2 is 0.758 bits per heavy atom. The zero-order chi connectivity index (χ0) is 23.8. The second-order valence-corrected chi connectivity index (χ2v) is 11.4. The molecule has 0 aliphatic carbocycles. The average Bonchev–Trinajstić information content (AvgIpc) is 2.80. The van der Waals surface area contributed by atoms with Crippen molar-refractivity contribution in [2.24, 2.45) is 0 Å². The van der Waals surface area contributed by atoms with Crippen LogP contribution in [0.3, 0.4) is 0 Å². The summed E-state index contributed by atoms with van der Waals surface area (Å²) < 4.78 is 0. The number of nitrogen functional groups attached to an aromatic ring is 1. The number of aromatic nitrogens is 3. The summed E-state index contributed by atoms with van der Waals surface area (Å²) in [4.78, 5) is 13.3. The first-order chi connectivity index (χ1) is 16.3. The highest BCUT2D eigenvalue weighted by atomic mass is 32.2. The minimum atomic E-state index is 0.362. The molecule has 0 radical (unpaired) electrons. The van der Waals surface area contributed by atoms with Crippen molar-refractivity contribution in [1.82, 2.24) is 15.0 Å². The third-order valence-corrected chi connectivity index (χ3v) is 7.94. The van der Waals surface area contributed by atoms with Crippen LogP contribution in [0.2, 0.25) is 0 Å². The number of hydrogen-bond donors (Lipinski definition) is 1. The third-order valence-electron chi connectivity index (χ3n) is 6.07. The number of anilines is 1. The van der Waals surface area contributed by atoms with Crippen molar-refractivity contribution < 1.29 is 0 Å². The Bertz CT molecular complexity index is 513. The molecule has 0 spiro atoms. The number of thioether (sulfide) groups is 2. The molecule has 1 aromatic heterocycles. The molecular weight excluding hydrogens is 444 g/mol. The van der Waals surface area contributed by atoms with Crippen LogP contribution in [0.15, 0.2) is 10.3 Å². The highest BCUT2D eigenvalue weighted by Gasteiger charge is 2.06. The van der Waals surface area contributed by atoms with Crippen molar-refractivity contribution in [2.75, 3.05) is 17.2 Å². The van der Waals surface area contributed by atoms with Gasteiger partial charge in [0.25, 0.3) is 0 Å². The molecule has 33 heavy (non-hydrogen) atoms. The number of unbranched alkanes of at least 4 members (excludes halogenated alkanes) is 18. The topological polar surface area (TPSA) is 64.7 Å². The Morgan fingerprint density at radius 1 is 0.455 bits per heavy atom. The quantitative estimate of drug-likeness (QED) is 0.113. The van der Waals surface area contributed by atoms with Gasteiger partial charge in [0.15, 0.2) is 10.3 Å². The fourth-order valence-electron chi connectivity index (χ4n) is 3.99. The van der Waals surface area contributed by atoms with Gasteiger partial charge in [0.05, 0.1) is 0 Å². The van der Waals surface area contributed by atoms with E-state index in [9.17, 15) is 0 Å². The van der Waals surface area contributed by atoms with E-state index in [1.54, 1.807) is 23.5 Å². The van der Waals surface area contributed by atoms with Crippen molar-refractivity contribution in [1.29, 1.82) is 0 Å². The van der Waals surface area contributed by atoms with Crippen LogP contribution in [0.1, 0.15) is 142 Å². The monoisotopic (exact) mass is 496 g/mol. The van der Waals surface area contributed by atoms with E-state index < -0.39 is 0 Å². The van der Waals surface area contributed by atoms with E-state index in [4.69, 9.17) is 5.73 Å². The molecule has 0 atom stereocenters. The first kappa shape index (κ1) is 30.5. The lowest BCUT2D eigenvalue weighted by atomic mass is 10.1. The first-order valence-electron chi connectivity index (χ1n) is 14.0. The Morgan fingerprint density at radius 3 is 1.09 bits per heavy atom. The van der Waals surface area contributed by atoms with E-state index in [2.05, 4.69) is 28.8 Å². The summed E-state index contributed by atoms with van der Waals surface area (Å²) in [5.74, 6) is 2.51. The lowest BCUT2D eigenvalue weighted by Gasteiger charge is -2.05. The van der Waals surface area contributed by atoms with E-state index in [1.165, 1.54) is 128 Å². The van der Waals surface area contributed by atoms with Crippen LogP contribution < -0.4 is 5.73 Å². The molecule has 1 rings (SSSR count). The summed E-state index contributed by atoms with van der Waals surface area (Å²) in [6.45, 7) is 4.56. The van der Waals surface area contributed by atoms with Gasteiger partial charge in [-0.2, -0.15) is 15.0 Å². The molecule has 0 fully saturated rings. The molecule has 0 saturated heterocycles. The maximum Gasteiger partial charge on any atom is 0.225 e. The molecule has 0 aromatic carbocycles. The van der Waals surface area contributed by atoms with Crippen LogP contribution in [0.5, 0.6) is 0 Å². The van der Waals surface area contributed by atoms with Gasteiger partial charge >= 0.3 is 0 Å². The van der Waals surface area contributed by atoms with Gasteiger partial charge in [0.2, 0.25) is 5.95 Å². The molecular formula is C27H52N4S2. The van der Waals surface area contributed by atoms with Gasteiger partial charge in [-0.25, -0.2) is 0 Å². The van der Waals surface area contributed by atoms with Gasteiger partial charge in [0.1, 0.15) is 0 Å². The van der Waals surface area contributed by atoms with Crippen molar-refractivity contribution in [3.05, 3.63) is 0 Å². The van der Waals surface area contributed by atoms with E-state index in [1.807, 2.05) is 0 Å². The minimum absolute atomic E-state index is 0.362. The van der Waals surface area contributed by atoms with Crippen LogP contribution in [-0.4, -0.2) is 26.5 Å². The van der Waals surface area contributed by atoms with Crippen LogP contribution in [-0.2, 0) is 0 Å². The lowest BCUT2D eigenvalue weighted by molar-refractivity contribution is 0.563. The molecule has 0 amide bonds. The lowest BCUT2D eigenvalue weighted by Crippen LogP contribution is -2.01. The molecule has 0 aliphatic rings. The van der Waals surface area contributed by atoms with Gasteiger partial charge in [-0.15, -0.1) is 0 Å². The van der Waals surface area contributed by atoms with Gasteiger partial charge in [0, 0.05) is 11.5 Å². The summed E-state index contributed by atoms with van der Waals surface area (Å²) in [6, 6.07) is 0. The molecule has 0 aliphatic heterocycles. The highest BCUT2D eigenvalue weighted by molar-refractivity contribution is 7.99. The van der Waals surface area contributed by atoms with E-state index in [0.717, 1.165) is 21.8 Å². The van der Waals surface area contributed by atoms with Crippen molar-refractivity contribution in [3.8, 4) is 0 Å². The van der Waals surface area contributed by atoms with Crippen LogP contribution in [0.25, 0.3) is 0 Å². The molecule has 1 aromatic rings. The molecule has 1 heterocycles. The third kappa shape index (κ3) is 19.5. The fourth-order valence-corrected chi connectivity index (χ4v) is 5.73. The smallest absolute Gasteiger partial charge is 0.225 e. The number of hydrogen-bond acceptors (Lipinski definition) is 6. The standard InChI is InChI=1S/C27H52N4S2/c1-3-5-7-9-11-13-15-17-19-21-23-32-26-29-25(28)30-27(31-26)33-24-22-20-18-16-14-12-10-8-6-4-2/h3-24H2,1-2H3,(H2,28,29,30,31). The van der Waals surface area contributed by atoms with Gasteiger partial charge in [-0.1, -0.05) is 153 Å². The number of nitrogens with zero attached hydrogens (tertiary/aromatic N) is 3. The fraction of sp³-hybridized carbons (Fsp3) is 0.889. The summed E-state index contributed by atoms with van der Waals surface area (Å²) in [5.41, 5.74) is 5.93. The summed E-state index contributed by atoms with van der Waals surface area (Å²) in [5, 5.41) is 1.59. The summed E-state index contributed by atoms with van der Waals surface area (Å²) in [7, 11) is 0. The predicted octanol–water partition coefficient (Wildman–Crippen LogP) is 9.48. The Kier molecular flexibility index (Phi) is 21.5. The minimum Gasteiger partial charge on any atom is -0.368 e. The largest absolute Gasteiger partial charge is 0.368 e. The molecule has 2 N–H and O–H groups in total. The van der Waals surface area contributed by atoms with Crippen LogP contribution in [0.4, 0.5) is 5.95 Å². The SMILES string of the molecule is CCCCCCCCCCCCSc1nc(N)nc(SCCCCCCCCCCCC)n1. The first-order valence-corrected chi connectivity index (χ1v) is 16.0. The maximum atomic E-state index is 5.93.